The molecule has 2 aromatic rings. The summed E-state index contributed by atoms with van der Waals surface area (Å²) in [5.74, 6) is -0.217. The van der Waals surface area contributed by atoms with Gasteiger partial charge < -0.3 is 26.3 Å². The molecule has 0 atom stereocenters. The van der Waals surface area contributed by atoms with E-state index in [1.165, 1.54) is 18.2 Å². The number of rotatable bonds is 9. The second-order valence-electron chi connectivity index (χ2n) is 5.88. The monoisotopic (exact) mass is 402 g/mol. The Morgan fingerprint density at radius 3 is 2.54 bits per heavy atom. The zero-order valence-electron chi connectivity index (χ0n) is 15.7. The quantitative estimate of drug-likeness (QED) is 0.221. The van der Waals surface area contributed by atoms with Gasteiger partial charge in [0.25, 0.3) is 0 Å². The first-order chi connectivity index (χ1) is 13.4. The molecule has 0 unspecified atom stereocenters. The first kappa shape index (κ1) is 21.3. The summed E-state index contributed by atoms with van der Waals surface area (Å²) in [6, 6.07) is 10.2. The molecule has 0 spiro atoms. The molecular weight excluding hydrogens is 380 g/mol. The SMILES string of the molecule is CNc1ccc(/C(N)=C/C(=O)C(=N)c2cc(Cl)c(OCCOC)cc2N)cc1. The van der Waals surface area contributed by atoms with E-state index in [0.29, 0.717) is 24.5 Å². The van der Waals surface area contributed by atoms with Gasteiger partial charge in [-0.2, -0.15) is 0 Å². The lowest BCUT2D eigenvalue weighted by Gasteiger charge is -2.12. The van der Waals surface area contributed by atoms with E-state index in [4.69, 9.17) is 38.0 Å². The molecule has 0 radical (unpaired) electrons. The predicted molar refractivity (Wildman–Crippen MR) is 113 cm³/mol. The molecule has 148 valence electrons. The average Bonchev–Trinajstić information content (AvgIpc) is 2.69. The van der Waals surface area contributed by atoms with Crippen LogP contribution in [0.15, 0.2) is 42.5 Å². The standard InChI is InChI=1S/C20H23ClN4O3/c1-25-13-5-3-12(4-6-13)16(22)10-18(26)20(24)14-9-15(21)19(11-17(14)23)28-8-7-27-2/h3-6,9-11,24-25H,7-8,22-23H2,1-2H3/b16-10-,24-20?. The topological polar surface area (TPSA) is 123 Å². The number of nitrogens with two attached hydrogens (primary N) is 2. The number of nitrogens with one attached hydrogen (secondary N) is 2. The molecule has 28 heavy (non-hydrogen) atoms. The van der Waals surface area contributed by atoms with Crippen molar-refractivity contribution in [2.45, 2.75) is 0 Å². The highest BCUT2D eigenvalue weighted by molar-refractivity contribution is 6.50. The normalized spacial score (nSPS) is 11.2. The van der Waals surface area contributed by atoms with Crippen molar-refractivity contribution in [2.75, 3.05) is 38.4 Å². The molecule has 8 heteroatoms. The number of allylic oxidation sites excluding steroid dienone is 1. The highest BCUT2D eigenvalue weighted by Gasteiger charge is 2.17. The Kier molecular flexibility index (Phi) is 7.43. The molecule has 0 saturated heterocycles. The maximum absolute atomic E-state index is 12.5. The molecule has 0 aliphatic carbocycles. The van der Waals surface area contributed by atoms with Crippen molar-refractivity contribution in [2.24, 2.45) is 5.73 Å². The summed E-state index contributed by atoms with van der Waals surface area (Å²) < 4.78 is 10.4. The van der Waals surface area contributed by atoms with Crippen molar-refractivity contribution in [1.82, 2.24) is 0 Å². The molecule has 2 rings (SSSR count). The lowest BCUT2D eigenvalue weighted by molar-refractivity contribution is -0.108. The zero-order chi connectivity index (χ0) is 20.7. The van der Waals surface area contributed by atoms with E-state index in [9.17, 15) is 4.79 Å². The van der Waals surface area contributed by atoms with E-state index in [-0.39, 0.29) is 27.7 Å². The molecule has 0 amide bonds. The van der Waals surface area contributed by atoms with Crippen LogP contribution in [0.25, 0.3) is 5.70 Å². The van der Waals surface area contributed by atoms with E-state index >= 15 is 0 Å². The molecule has 0 aliphatic heterocycles. The Morgan fingerprint density at radius 1 is 1.25 bits per heavy atom. The van der Waals surface area contributed by atoms with Gasteiger partial charge in [-0.25, -0.2) is 0 Å². The number of ether oxygens (including phenoxy) is 2. The van der Waals surface area contributed by atoms with Gasteiger partial charge in [0.15, 0.2) is 0 Å². The second kappa shape index (κ2) is 9.77. The maximum atomic E-state index is 12.5. The smallest absolute Gasteiger partial charge is 0.206 e. The van der Waals surface area contributed by atoms with Crippen molar-refractivity contribution in [1.29, 1.82) is 5.41 Å². The van der Waals surface area contributed by atoms with Crippen LogP contribution in [0, 0.1) is 5.41 Å². The summed E-state index contributed by atoms with van der Waals surface area (Å²) in [7, 11) is 3.37. The van der Waals surface area contributed by atoms with Crippen LogP contribution in [-0.4, -0.2) is 38.9 Å². The number of anilines is 2. The van der Waals surface area contributed by atoms with Gasteiger partial charge >= 0.3 is 0 Å². The molecular formula is C20H23ClN4O3. The van der Waals surface area contributed by atoms with Crippen LogP contribution in [0.5, 0.6) is 5.75 Å². The fraction of sp³-hybridized carbons (Fsp3) is 0.200. The number of hydrogen-bond donors (Lipinski definition) is 4. The maximum Gasteiger partial charge on any atom is 0.206 e. The number of methoxy groups -OCH3 is 1. The lowest BCUT2D eigenvalue weighted by Crippen LogP contribution is -2.16. The van der Waals surface area contributed by atoms with Gasteiger partial charge in [-0.15, -0.1) is 0 Å². The molecule has 0 aromatic heterocycles. The molecule has 0 aliphatic rings. The van der Waals surface area contributed by atoms with Crippen LogP contribution in [-0.2, 0) is 9.53 Å². The largest absolute Gasteiger partial charge is 0.490 e. The first-order valence-corrected chi connectivity index (χ1v) is 8.84. The second-order valence-corrected chi connectivity index (χ2v) is 6.28. The number of carbonyl (C=O) groups excluding carboxylic acids is 1. The van der Waals surface area contributed by atoms with Gasteiger partial charge in [0.1, 0.15) is 18.1 Å². The summed E-state index contributed by atoms with van der Waals surface area (Å²) in [4.78, 5) is 12.5. The molecule has 0 heterocycles. The number of hydrogen-bond acceptors (Lipinski definition) is 7. The van der Waals surface area contributed by atoms with E-state index < -0.39 is 5.78 Å². The van der Waals surface area contributed by atoms with Crippen LogP contribution < -0.4 is 21.5 Å². The average molecular weight is 403 g/mol. The van der Waals surface area contributed by atoms with Gasteiger partial charge in [0.05, 0.1) is 11.6 Å². The molecule has 6 N–H and O–H groups in total. The van der Waals surface area contributed by atoms with Gasteiger partial charge in [-0.3, -0.25) is 10.2 Å². The van der Waals surface area contributed by atoms with Crippen LogP contribution in [0.2, 0.25) is 5.02 Å². The number of nitrogen functional groups attached to an aromatic ring is 1. The van der Waals surface area contributed by atoms with E-state index in [1.807, 2.05) is 19.2 Å². The minimum Gasteiger partial charge on any atom is -0.490 e. The van der Waals surface area contributed by atoms with Gasteiger partial charge in [0, 0.05) is 48.9 Å². The molecule has 7 nitrogen and oxygen atoms in total. The van der Waals surface area contributed by atoms with Crippen molar-refractivity contribution >= 4 is 40.2 Å². The minimum atomic E-state index is -0.578. The summed E-state index contributed by atoms with van der Waals surface area (Å²) in [5, 5.41) is 11.4. The van der Waals surface area contributed by atoms with Crippen LogP contribution >= 0.6 is 11.6 Å². The summed E-state index contributed by atoms with van der Waals surface area (Å²) in [5.41, 5.74) is 13.9. The molecule has 0 fully saturated rings. The van der Waals surface area contributed by atoms with Crippen molar-refractivity contribution in [3.63, 3.8) is 0 Å². The highest BCUT2D eigenvalue weighted by Crippen LogP contribution is 2.30. The van der Waals surface area contributed by atoms with Crippen LogP contribution in [0.1, 0.15) is 11.1 Å². The Morgan fingerprint density at radius 2 is 1.93 bits per heavy atom. The van der Waals surface area contributed by atoms with Gasteiger partial charge in [-0.05, 0) is 23.8 Å². The third kappa shape index (κ3) is 5.25. The number of halogens is 1. The molecule has 2 aromatic carbocycles. The number of carbonyl (C=O) groups is 1. The molecule has 0 saturated carbocycles. The third-order valence-electron chi connectivity index (χ3n) is 3.96. The number of benzene rings is 2. The predicted octanol–water partition coefficient (Wildman–Crippen LogP) is 2.93. The summed E-state index contributed by atoms with van der Waals surface area (Å²) in [6.45, 7) is 0.697. The highest BCUT2D eigenvalue weighted by atomic mass is 35.5. The lowest BCUT2D eigenvalue weighted by atomic mass is 10.0. The van der Waals surface area contributed by atoms with Crippen molar-refractivity contribution in [3.8, 4) is 5.75 Å². The molecule has 0 bridgehead atoms. The Balaban J connectivity index is 2.19. The Labute approximate surface area is 168 Å². The Hall–Kier alpha value is -3.03. The third-order valence-corrected chi connectivity index (χ3v) is 4.25. The zero-order valence-corrected chi connectivity index (χ0v) is 16.5. The fourth-order valence-electron chi connectivity index (χ4n) is 2.39. The first-order valence-electron chi connectivity index (χ1n) is 8.46. The van der Waals surface area contributed by atoms with Crippen molar-refractivity contribution < 1.29 is 14.3 Å². The Bertz CT molecular complexity index is 895. The summed E-state index contributed by atoms with van der Waals surface area (Å²) >= 11 is 6.18. The fourth-order valence-corrected chi connectivity index (χ4v) is 2.61. The van der Waals surface area contributed by atoms with Crippen LogP contribution in [0.4, 0.5) is 11.4 Å². The van der Waals surface area contributed by atoms with Gasteiger partial charge in [0.2, 0.25) is 5.78 Å². The number of ketones is 1. The van der Waals surface area contributed by atoms with E-state index in [0.717, 1.165) is 5.69 Å². The van der Waals surface area contributed by atoms with E-state index in [2.05, 4.69) is 5.32 Å². The van der Waals surface area contributed by atoms with Crippen molar-refractivity contribution in [3.05, 3.63) is 58.6 Å². The minimum absolute atomic E-state index is 0.209. The summed E-state index contributed by atoms with van der Waals surface area (Å²) in [6.07, 6.45) is 1.20. The van der Waals surface area contributed by atoms with Crippen LogP contribution in [0.3, 0.4) is 0 Å². The van der Waals surface area contributed by atoms with E-state index in [1.54, 1.807) is 19.2 Å². The van der Waals surface area contributed by atoms with Gasteiger partial charge in [-0.1, -0.05) is 23.7 Å².